The lowest BCUT2D eigenvalue weighted by Gasteiger charge is -2.13. The molecule has 0 saturated heterocycles. The number of hydrogen-bond acceptors (Lipinski definition) is 1. The molecule has 0 heterocycles. The highest BCUT2D eigenvalue weighted by atomic mass is 16.1. The van der Waals surface area contributed by atoms with Crippen molar-refractivity contribution in [2.75, 3.05) is 0 Å². The molecule has 1 unspecified atom stereocenters. The number of fused-ring (bicyclic) bond motifs is 1. The summed E-state index contributed by atoms with van der Waals surface area (Å²) in [6.07, 6.45) is 8.19. The number of hydrogen-bond donors (Lipinski definition) is 0. The van der Waals surface area contributed by atoms with Crippen LogP contribution in [0, 0.1) is 5.92 Å². The molecule has 0 radical (unpaired) electrons. The van der Waals surface area contributed by atoms with Gasteiger partial charge < -0.3 is 0 Å². The van der Waals surface area contributed by atoms with E-state index in [4.69, 9.17) is 0 Å². The first-order valence-electron chi connectivity index (χ1n) is 6.95. The number of aryl methyl sites for hydroxylation is 1. The van der Waals surface area contributed by atoms with Gasteiger partial charge in [0, 0.05) is 12.3 Å². The van der Waals surface area contributed by atoms with Crippen LogP contribution in [0.25, 0.3) is 0 Å². The second-order valence-electron chi connectivity index (χ2n) is 5.61. The molecular formula is C16H20O. The first kappa shape index (κ1) is 11.0. The molecule has 2 aliphatic rings. The van der Waals surface area contributed by atoms with Crippen LogP contribution in [-0.2, 0) is 11.2 Å². The highest BCUT2D eigenvalue weighted by Crippen LogP contribution is 2.37. The first-order valence-corrected chi connectivity index (χ1v) is 6.95. The average molecular weight is 228 g/mol. The van der Waals surface area contributed by atoms with Gasteiger partial charge in [-0.15, -0.1) is 0 Å². The molecule has 17 heavy (non-hydrogen) atoms. The molecule has 1 heteroatoms. The summed E-state index contributed by atoms with van der Waals surface area (Å²) in [6, 6.07) is 8.49. The molecule has 90 valence electrons. The van der Waals surface area contributed by atoms with Crippen molar-refractivity contribution in [2.45, 2.75) is 50.9 Å². The van der Waals surface area contributed by atoms with Gasteiger partial charge in [0.25, 0.3) is 0 Å². The van der Waals surface area contributed by atoms with Gasteiger partial charge in [-0.05, 0) is 29.9 Å². The van der Waals surface area contributed by atoms with Crippen LogP contribution in [-0.4, -0.2) is 5.78 Å². The van der Waals surface area contributed by atoms with Crippen molar-refractivity contribution in [1.29, 1.82) is 0 Å². The number of carbonyl (C=O) groups excluding carboxylic acids is 1. The second kappa shape index (κ2) is 4.64. The normalized spacial score (nSPS) is 23.9. The molecule has 0 N–H and O–H groups in total. The lowest BCUT2D eigenvalue weighted by atomic mass is 9.90. The Morgan fingerprint density at radius 1 is 1.12 bits per heavy atom. The van der Waals surface area contributed by atoms with E-state index in [1.54, 1.807) is 0 Å². The van der Waals surface area contributed by atoms with Crippen molar-refractivity contribution < 1.29 is 4.79 Å². The standard InChI is InChI=1S/C16H20O/c17-16(11-12-5-1-2-6-12)15-10-9-13-7-3-4-8-14(13)15/h3-4,7-8,12,15H,1-2,5-6,9-11H2. The van der Waals surface area contributed by atoms with Gasteiger partial charge in [-0.1, -0.05) is 49.9 Å². The Kier molecular flexibility index (Phi) is 3.00. The quantitative estimate of drug-likeness (QED) is 0.767. The number of benzene rings is 1. The zero-order valence-corrected chi connectivity index (χ0v) is 10.3. The topological polar surface area (TPSA) is 17.1 Å². The summed E-state index contributed by atoms with van der Waals surface area (Å²) < 4.78 is 0. The summed E-state index contributed by atoms with van der Waals surface area (Å²) in [5.41, 5.74) is 2.72. The van der Waals surface area contributed by atoms with Crippen molar-refractivity contribution in [1.82, 2.24) is 0 Å². The fourth-order valence-electron chi connectivity index (χ4n) is 3.53. The molecule has 0 spiro atoms. The Morgan fingerprint density at radius 3 is 2.71 bits per heavy atom. The molecule has 0 amide bonds. The van der Waals surface area contributed by atoms with Gasteiger partial charge in [0.1, 0.15) is 5.78 Å². The minimum Gasteiger partial charge on any atom is -0.299 e. The Bertz CT molecular complexity index is 415. The van der Waals surface area contributed by atoms with Crippen LogP contribution in [0.1, 0.15) is 55.6 Å². The molecule has 2 aliphatic carbocycles. The van der Waals surface area contributed by atoms with Gasteiger partial charge in [-0.2, -0.15) is 0 Å². The van der Waals surface area contributed by atoms with Crippen LogP contribution in [0.4, 0.5) is 0 Å². The minimum atomic E-state index is 0.215. The average Bonchev–Trinajstić information content (AvgIpc) is 2.96. The third-order valence-corrected chi connectivity index (χ3v) is 4.49. The van der Waals surface area contributed by atoms with E-state index in [-0.39, 0.29) is 5.92 Å². The fourth-order valence-corrected chi connectivity index (χ4v) is 3.53. The van der Waals surface area contributed by atoms with Gasteiger partial charge in [-0.25, -0.2) is 0 Å². The number of Topliss-reactive ketones (excluding diaryl/α,β-unsaturated/α-hetero) is 1. The van der Waals surface area contributed by atoms with Crippen molar-refractivity contribution in [3.63, 3.8) is 0 Å². The Labute approximate surface area is 103 Å². The zero-order valence-electron chi connectivity index (χ0n) is 10.3. The molecule has 0 aromatic heterocycles. The molecule has 0 aliphatic heterocycles. The van der Waals surface area contributed by atoms with E-state index in [1.165, 1.54) is 36.8 Å². The third kappa shape index (κ3) is 2.15. The highest BCUT2D eigenvalue weighted by Gasteiger charge is 2.30. The summed E-state index contributed by atoms with van der Waals surface area (Å²) in [6.45, 7) is 0. The van der Waals surface area contributed by atoms with Crippen LogP contribution in [0.15, 0.2) is 24.3 Å². The molecule has 1 nitrogen and oxygen atoms in total. The predicted octanol–water partition coefficient (Wildman–Crippen LogP) is 3.87. The van der Waals surface area contributed by atoms with Gasteiger partial charge in [0.15, 0.2) is 0 Å². The monoisotopic (exact) mass is 228 g/mol. The minimum absolute atomic E-state index is 0.215. The van der Waals surface area contributed by atoms with E-state index in [1.807, 2.05) is 0 Å². The Balaban J connectivity index is 1.71. The zero-order chi connectivity index (χ0) is 11.7. The summed E-state index contributed by atoms with van der Waals surface area (Å²) in [4.78, 5) is 12.4. The molecule has 1 saturated carbocycles. The van der Waals surface area contributed by atoms with Crippen LogP contribution >= 0.6 is 0 Å². The van der Waals surface area contributed by atoms with Crippen molar-refractivity contribution in [3.05, 3.63) is 35.4 Å². The lowest BCUT2D eigenvalue weighted by molar-refractivity contribution is -0.121. The van der Waals surface area contributed by atoms with E-state index in [0.717, 1.165) is 19.3 Å². The van der Waals surface area contributed by atoms with E-state index in [0.29, 0.717) is 11.7 Å². The Morgan fingerprint density at radius 2 is 1.88 bits per heavy atom. The van der Waals surface area contributed by atoms with Crippen molar-refractivity contribution in [2.24, 2.45) is 5.92 Å². The van der Waals surface area contributed by atoms with Gasteiger partial charge >= 0.3 is 0 Å². The second-order valence-corrected chi connectivity index (χ2v) is 5.61. The van der Waals surface area contributed by atoms with Crippen molar-refractivity contribution in [3.8, 4) is 0 Å². The molecule has 1 fully saturated rings. The van der Waals surface area contributed by atoms with E-state index < -0.39 is 0 Å². The van der Waals surface area contributed by atoms with Gasteiger partial charge in [-0.3, -0.25) is 4.79 Å². The summed E-state index contributed by atoms with van der Waals surface area (Å²) in [7, 11) is 0. The summed E-state index contributed by atoms with van der Waals surface area (Å²) in [5, 5.41) is 0. The summed E-state index contributed by atoms with van der Waals surface area (Å²) >= 11 is 0. The number of carbonyl (C=O) groups is 1. The lowest BCUT2D eigenvalue weighted by Crippen LogP contribution is -2.13. The van der Waals surface area contributed by atoms with Gasteiger partial charge in [0.05, 0.1) is 0 Å². The predicted molar refractivity (Wildman–Crippen MR) is 69.1 cm³/mol. The maximum absolute atomic E-state index is 12.4. The Hall–Kier alpha value is -1.11. The van der Waals surface area contributed by atoms with Crippen LogP contribution < -0.4 is 0 Å². The molecule has 1 atom stereocenters. The number of ketones is 1. The van der Waals surface area contributed by atoms with Crippen LogP contribution in [0.5, 0.6) is 0 Å². The molecular weight excluding hydrogens is 208 g/mol. The molecule has 0 bridgehead atoms. The third-order valence-electron chi connectivity index (χ3n) is 4.49. The van der Waals surface area contributed by atoms with Crippen molar-refractivity contribution >= 4 is 5.78 Å². The first-order chi connectivity index (χ1) is 8.34. The molecule has 3 rings (SSSR count). The van der Waals surface area contributed by atoms with E-state index in [9.17, 15) is 4.79 Å². The highest BCUT2D eigenvalue weighted by molar-refractivity contribution is 5.87. The largest absolute Gasteiger partial charge is 0.299 e. The SMILES string of the molecule is O=C(CC1CCCC1)C1CCc2ccccc21. The van der Waals surface area contributed by atoms with E-state index in [2.05, 4.69) is 24.3 Å². The maximum Gasteiger partial charge on any atom is 0.140 e. The molecule has 1 aromatic rings. The van der Waals surface area contributed by atoms with E-state index >= 15 is 0 Å². The van der Waals surface area contributed by atoms with Crippen LogP contribution in [0.2, 0.25) is 0 Å². The smallest absolute Gasteiger partial charge is 0.140 e. The maximum atomic E-state index is 12.4. The fraction of sp³-hybridized carbons (Fsp3) is 0.562. The summed E-state index contributed by atoms with van der Waals surface area (Å²) in [5.74, 6) is 1.41. The van der Waals surface area contributed by atoms with Crippen LogP contribution in [0.3, 0.4) is 0 Å². The van der Waals surface area contributed by atoms with Gasteiger partial charge in [0.2, 0.25) is 0 Å². The number of rotatable bonds is 3. The molecule has 1 aromatic carbocycles.